The van der Waals surface area contributed by atoms with Gasteiger partial charge in [-0.15, -0.1) is 23.1 Å². The fraction of sp³-hybridized carbons (Fsp3) is 0.294. The third-order valence-corrected chi connectivity index (χ3v) is 5.36. The Balaban J connectivity index is 1.87. The van der Waals surface area contributed by atoms with Crippen LogP contribution < -0.4 is 16.4 Å². The minimum Gasteiger partial charge on any atom is -0.346 e. The number of hydrogen-bond donors (Lipinski definition) is 3. The SMILES string of the molecule is CC(C)(CN)NC(=O)c1ccc(NC(=O)CSc2cccs2)cc1. The lowest BCUT2D eigenvalue weighted by Crippen LogP contribution is -2.48. The summed E-state index contributed by atoms with van der Waals surface area (Å²) in [5.74, 6) is 0.0967. The van der Waals surface area contributed by atoms with E-state index >= 15 is 0 Å². The molecule has 0 spiro atoms. The molecule has 0 aliphatic carbocycles. The number of nitrogens with one attached hydrogen (secondary N) is 2. The summed E-state index contributed by atoms with van der Waals surface area (Å²) in [5.41, 5.74) is 6.35. The molecule has 0 aliphatic rings. The van der Waals surface area contributed by atoms with Crippen LogP contribution in [0.5, 0.6) is 0 Å². The van der Waals surface area contributed by atoms with Crippen molar-refractivity contribution in [1.82, 2.24) is 5.32 Å². The van der Waals surface area contributed by atoms with Gasteiger partial charge in [-0.3, -0.25) is 9.59 Å². The Bertz CT molecular complexity index is 682. The molecule has 1 heterocycles. The highest BCUT2D eigenvalue weighted by Crippen LogP contribution is 2.23. The maximum absolute atomic E-state index is 12.1. The number of hydrogen-bond acceptors (Lipinski definition) is 5. The number of thioether (sulfide) groups is 1. The number of amides is 2. The van der Waals surface area contributed by atoms with Crippen molar-refractivity contribution in [1.29, 1.82) is 0 Å². The molecule has 4 N–H and O–H groups in total. The summed E-state index contributed by atoms with van der Waals surface area (Å²) in [5, 5.41) is 7.67. The molecule has 2 amide bonds. The summed E-state index contributed by atoms with van der Waals surface area (Å²) in [4.78, 5) is 24.1. The van der Waals surface area contributed by atoms with E-state index in [1.807, 2.05) is 31.4 Å². The van der Waals surface area contributed by atoms with Crippen LogP contribution in [0.4, 0.5) is 5.69 Å². The van der Waals surface area contributed by atoms with Crippen LogP contribution in [0.1, 0.15) is 24.2 Å². The first-order chi connectivity index (χ1) is 11.4. The van der Waals surface area contributed by atoms with Gasteiger partial charge in [-0.25, -0.2) is 0 Å². The Morgan fingerprint density at radius 2 is 1.92 bits per heavy atom. The molecule has 0 bridgehead atoms. The maximum Gasteiger partial charge on any atom is 0.251 e. The molecule has 0 aliphatic heterocycles. The average molecular weight is 364 g/mol. The third-order valence-electron chi connectivity index (χ3n) is 3.23. The van der Waals surface area contributed by atoms with Crippen molar-refractivity contribution in [3.05, 3.63) is 47.3 Å². The highest BCUT2D eigenvalue weighted by atomic mass is 32.2. The van der Waals surface area contributed by atoms with Gasteiger partial charge in [0.25, 0.3) is 5.91 Å². The molecule has 0 unspecified atom stereocenters. The second-order valence-corrected chi connectivity index (χ2v) is 8.11. The predicted octanol–water partition coefficient (Wildman–Crippen LogP) is 2.95. The smallest absolute Gasteiger partial charge is 0.251 e. The van der Waals surface area contributed by atoms with Crippen molar-refractivity contribution >= 4 is 40.6 Å². The topological polar surface area (TPSA) is 84.2 Å². The van der Waals surface area contributed by atoms with E-state index in [1.54, 1.807) is 35.6 Å². The zero-order valence-corrected chi connectivity index (χ0v) is 15.3. The third kappa shape index (κ3) is 5.67. The fourth-order valence-electron chi connectivity index (χ4n) is 1.81. The molecule has 0 saturated heterocycles. The molecule has 128 valence electrons. The molecule has 2 aromatic rings. The van der Waals surface area contributed by atoms with E-state index in [1.165, 1.54) is 11.8 Å². The Kier molecular flexibility index (Phi) is 6.42. The van der Waals surface area contributed by atoms with Gasteiger partial charge in [0.1, 0.15) is 0 Å². The molecule has 0 fully saturated rings. The lowest BCUT2D eigenvalue weighted by Gasteiger charge is -2.24. The second kappa shape index (κ2) is 8.32. The van der Waals surface area contributed by atoms with Crippen LogP contribution in [0.15, 0.2) is 46.0 Å². The highest BCUT2D eigenvalue weighted by Gasteiger charge is 2.19. The lowest BCUT2D eigenvalue weighted by atomic mass is 10.1. The summed E-state index contributed by atoms with van der Waals surface area (Å²) < 4.78 is 1.11. The summed E-state index contributed by atoms with van der Waals surface area (Å²) in [6.45, 7) is 4.09. The molecule has 1 aromatic heterocycles. The maximum atomic E-state index is 12.1. The predicted molar refractivity (Wildman–Crippen MR) is 101 cm³/mol. The second-order valence-electron chi connectivity index (χ2n) is 5.89. The number of nitrogens with two attached hydrogens (primary N) is 1. The monoisotopic (exact) mass is 363 g/mol. The summed E-state index contributed by atoms with van der Waals surface area (Å²) >= 11 is 3.11. The van der Waals surface area contributed by atoms with Gasteiger partial charge in [0.2, 0.25) is 5.91 Å². The largest absolute Gasteiger partial charge is 0.346 e. The van der Waals surface area contributed by atoms with Crippen LogP contribution in [0.25, 0.3) is 0 Å². The molecule has 2 rings (SSSR count). The number of thiophene rings is 1. The van der Waals surface area contributed by atoms with Crippen molar-refractivity contribution in [2.24, 2.45) is 5.73 Å². The van der Waals surface area contributed by atoms with Crippen LogP contribution >= 0.6 is 23.1 Å². The van der Waals surface area contributed by atoms with Gasteiger partial charge in [-0.2, -0.15) is 0 Å². The Morgan fingerprint density at radius 1 is 1.21 bits per heavy atom. The molecule has 0 saturated carbocycles. The van der Waals surface area contributed by atoms with E-state index in [0.29, 0.717) is 23.5 Å². The number of benzene rings is 1. The molecule has 1 aromatic carbocycles. The van der Waals surface area contributed by atoms with E-state index in [2.05, 4.69) is 10.6 Å². The van der Waals surface area contributed by atoms with Crippen molar-refractivity contribution < 1.29 is 9.59 Å². The van der Waals surface area contributed by atoms with Crippen molar-refractivity contribution in [2.45, 2.75) is 23.6 Å². The standard InChI is InChI=1S/C17H21N3O2S2/c1-17(2,11-18)20-16(22)12-5-7-13(8-6-12)19-14(21)10-24-15-4-3-9-23-15/h3-9H,10-11,18H2,1-2H3,(H,19,21)(H,20,22). The van der Waals surface area contributed by atoms with Gasteiger partial charge < -0.3 is 16.4 Å². The van der Waals surface area contributed by atoms with E-state index in [4.69, 9.17) is 5.73 Å². The van der Waals surface area contributed by atoms with E-state index in [-0.39, 0.29) is 11.8 Å². The Labute approximate surface area is 150 Å². The van der Waals surface area contributed by atoms with Crippen LogP contribution in [0, 0.1) is 0 Å². The first-order valence-corrected chi connectivity index (χ1v) is 9.35. The van der Waals surface area contributed by atoms with Gasteiger partial charge in [0, 0.05) is 23.3 Å². The van der Waals surface area contributed by atoms with Crippen LogP contribution in [-0.2, 0) is 4.79 Å². The lowest BCUT2D eigenvalue weighted by molar-refractivity contribution is -0.113. The normalized spacial score (nSPS) is 11.1. The molecular weight excluding hydrogens is 342 g/mol. The number of rotatable bonds is 7. The van der Waals surface area contributed by atoms with E-state index in [9.17, 15) is 9.59 Å². The van der Waals surface area contributed by atoms with E-state index in [0.717, 1.165) is 4.21 Å². The zero-order valence-electron chi connectivity index (χ0n) is 13.7. The summed E-state index contributed by atoms with van der Waals surface area (Å²) in [6.07, 6.45) is 0. The van der Waals surface area contributed by atoms with Crippen molar-refractivity contribution in [2.75, 3.05) is 17.6 Å². The minimum atomic E-state index is -0.455. The van der Waals surface area contributed by atoms with Crippen LogP contribution in [0.2, 0.25) is 0 Å². The number of carbonyl (C=O) groups excluding carboxylic acids is 2. The average Bonchev–Trinajstić information content (AvgIpc) is 3.06. The number of anilines is 1. The van der Waals surface area contributed by atoms with Gasteiger partial charge in [-0.05, 0) is 49.6 Å². The van der Waals surface area contributed by atoms with Crippen LogP contribution in [-0.4, -0.2) is 29.7 Å². The summed E-state index contributed by atoms with van der Waals surface area (Å²) in [6, 6.07) is 10.8. The van der Waals surface area contributed by atoms with Crippen molar-refractivity contribution in [3.63, 3.8) is 0 Å². The van der Waals surface area contributed by atoms with Gasteiger partial charge >= 0.3 is 0 Å². The molecule has 5 nitrogen and oxygen atoms in total. The van der Waals surface area contributed by atoms with Gasteiger partial charge in [0.15, 0.2) is 0 Å². The van der Waals surface area contributed by atoms with Gasteiger partial charge in [-0.1, -0.05) is 6.07 Å². The molecule has 7 heteroatoms. The Morgan fingerprint density at radius 3 is 2.50 bits per heavy atom. The zero-order chi connectivity index (χ0) is 17.6. The Hall–Kier alpha value is -1.83. The quantitative estimate of drug-likeness (QED) is 0.660. The first kappa shape index (κ1) is 18.5. The van der Waals surface area contributed by atoms with Crippen LogP contribution in [0.3, 0.4) is 0 Å². The highest BCUT2D eigenvalue weighted by molar-refractivity contribution is 8.01. The van der Waals surface area contributed by atoms with E-state index < -0.39 is 5.54 Å². The molecule has 0 radical (unpaired) electrons. The van der Waals surface area contributed by atoms with Crippen molar-refractivity contribution in [3.8, 4) is 0 Å². The minimum absolute atomic E-state index is 0.0742. The molecule has 24 heavy (non-hydrogen) atoms. The molecule has 0 atom stereocenters. The molecular formula is C17H21N3O2S2. The number of carbonyl (C=O) groups is 2. The first-order valence-electron chi connectivity index (χ1n) is 7.48. The fourth-order valence-corrected chi connectivity index (χ4v) is 3.40. The van der Waals surface area contributed by atoms with Gasteiger partial charge in [0.05, 0.1) is 9.96 Å². The summed E-state index contributed by atoms with van der Waals surface area (Å²) in [7, 11) is 0.